The van der Waals surface area contributed by atoms with Gasteiger partial charge in [0.1, 0.15) is 5.75 Å². The van der Waals surface area contributed by atoms with E-state index in [9.17, 15) is 4.79 Å². The highest BCUT2D eigenvalue weighted by Crippen LogP contribution is 2.46. The molecule has 37 heavy (non-hydrogen) atoms. The smallest absolute Gasteiger partial charge is 0.338 e. The fraction of sp³-hybridized carbons (Fsp3) is 0.516. The highest BCUT2D eigenvalue weighted by Gasteiger charge is 2.43. The number of ether oxygens (including phenoxy) is 2. The second-order valence-electron chi connectivity index (χ2n) is 11.3. The van der Waals surface area contributed by atoms with Crippen LogP contribution in [0.1, 0.15) is 61.0 Å². The fourth-order valence-corrected chi connectivity index (χ4v) is 7.38. The van der Waals surface area contributed by atoms with Crippen LogP contribution in [0.4, 0.5) is 5.69 Å². The first kappa shape index (κ1) is 26.5. The Balaban J connectivity index is 1.49. The zero-order valence-corrected chi connectivity index (χ0v) is 23.6. The Morgan fingerprint density at radius 3 is 2.92 bits per heavy atom. The quantitative estimate of drug-likeness (QED) is 0.259. The number of nitrogens with zero attached hydrogens (tertiary/aromatic N) is 1. The molecule has 6 heteroatoms. The summed E-state index contributed by atoms with van der Waals surface area (Å²) < 4.78 is 12.1. The van der Waals surface area contributed by atoms with E-state index in [4.69, 9.17) is 21.1 Å². The molecule has 1 aliphatic heterocycles. The molecule has 2 aromatic rings. The van der Waals surface area contributed by atoms with Crippen LogP contribution in [-0.4, -0.2) is 43.3 Å². The number of benzene rings is 2. The predicted molar refractivity (Wildman–Crippen MR) is 155 cm³/mol. The van der Waals surface area contributed by atoms with Gasteiger partial charge in [-0.15, -0.1) is 6.58 Å². The van der Waals surface area contributed by atoms with Gasteiger partial charge in [0.2, 0.25) is 0 Å². The Kier molecular flexibility index (Phi) is 8.11. The summed E-state index contributed by atoms with van der Waals surface area (Å²) in [7, 11) is 0. The first-order chi connectivity index (χ1) is 17.9. The van der Waals surface area contributed by atoms with Crippen LogP contribution in [0.2, 0.25) is 5.02 Å². The van der Waals surface area contributed by atoms with Crippen molar-refractivity contribution in [2.45, 2.75) is 56.6 Å². The van der Waals surface area contributed by atoms with E-state index < -0.39 is 0 Å². The molecule has 2 aromatic carbocycles. The summed E-state index contributed by atoms with van der Waals surface area (Å²) in [6.07, 6.45) is 7.75. The maximum atomic E-state index is 12.9. The van der Waals surface area contributed by atoms with Gasteiger partial charge in [0.25, 0.3) is 0 Å². The van der Waals surface area contributed by atoms with E-state index in [0.29, 0.717) is 35.9 Å². The maximum absolute atomic E-state index is 12.9. The third kappa shape index (κ3) is 5.68. The van der Waals surface area contributed by atoms with E-state index in [0.717, 1.165) is 54.6 Å². The van der Waals surface area contributed by atoms with Gasteiger partial charge in [-0.05, 0) is 85.4 Å². The van der Waals surface area contributed by atoms with Crippen molar-refractivity contribution in [2.24, 2.45) is 11.8 Å². The van der Waals surface area contributed by atoms with Crippen molar-refractivity contribution in [1.29, 1.82) is 0 Å². The van der Waals surface area contributed by atoms with E-state index in [1.807, 2.05) is 56.0 Å². The standard InChI is InChI=1S/C31H38ClNO3S/c1-4-14-37-29-12-8-24(29)17-33-19-31(13-5-6-22-15-25(32)9-10-26(22)31)20-36-28-11-7-23(16-27(28)33)30(34)35-18-21(2)3/h4,7,9-11,15-16,21,24,29H,1,5-6,8,12-14,17-20H2,2-3H3/t24-,29-,31+/m1/s1. The topological polar surface area (TPSA) is 38.8 Å². The second kappa shape index (κ2) is 11.3. The first-order valence-electron chi connectivity index (χ1n) is 13.6. The molecule has 0 unspecified atom stereocenters. The summed E-state index contributed by atoms with van der Waals surface area (Å²) in [5, 5.41) is 1.45. The zero-order valence-electron chi connectivity index (χ0n) is 22.0. The first-order valence-corrected chi connectivity index (χ1v) is 15.0. The minimum absolute atomic E-state index is 0.108. The molecule has 5 rings (SSSR count). The van der Waals surface area contributed by atoms with Crippen LogP contribution >= 0.6 is 23.4 Å². The van der Waals surface area contributed by atoms with Crippen LogP contribution in [0.25, 0.3) is 0 Å². The monoisotopic (exact) mass is 539 g/mol. The number of halogens is 1. The molecule has 3 atom stereocenters. The molecule has 4 nitrogen and oxygen atoms in total. The summed E-state index contributed by atoms with van der Waals surface area (Å²) in [6, 6.07) is 12.2. The molecular weight excluding hydrogens is 502 g/mol. The number of hydrogen-bond donors (Lipinski definition) is 0. The van der Waals surface area contributed by atoms with Gasteiger partial charge in [-0.25, -0.2) is 4.79 Å². The predicted octanol–water partition coefficient (Wildman–Crippen LogP) is 7.32. The molecular formula is C31H38ClNO3S. The van der Waals surface area contributed by atoms with Crippen molar-refractivity contribution in [1.82, 2.24) is 0 Å². The number of fused-ring (bicyclic) bond motifs is 3. The van der Waals surface area contributed by atoms with Crippen LogP contribution in [0.15, 0.2) is 49.1 Å². The highest BCUT2D eigenvalue weighted by molar-refractivity contribution is 8.00. The number of rotatable bonds is 8. The molecule has 0 saturated heterocycles. The van der Waals surface area contributed by atoms with Gasteiger partial charge < -0.3 is 14.4 Å². The molecule has 0 N–H and O–H groups in total. The van der Waals surface area contributed by atoms with Crippen LogP contribution in [0, 0.1) is 11.8 Å². The van der Waals surface area contributed by atoms with Crippen molar-refractivity contribution in [3.8, 4) is 5.75 Å². The molecule has 2 aliphatic carbocycles. The molecule has 1 spiro atoms. The van der Waals surface area contributed by atoms with E-state index >= 15 is 0 Å². The molecule has 0 amide bonds. The van der Waals surface area contributed by atoms with Crippen LogP contribution < -0.4 is 9.64 Å². The number of carbonyl (C=O) groups excluding carboxylic acids is 1. The van der Waals surface area contributed by atoms with E-state index in [-0.39, 0.29) is 11.4 Å². The van der Waals surface area contributed by atoms with Crippen molar-refractivity contribution < 1.29 is 14.3 Å². The average molecular weight is 540 g/mol. The number of hydrogen-bond acceptors (Lipinski definition) is 5. The van der Waals surface area contributed by atoms with Gasteiger partial charge >= 0.3 is 5.97 Å². The van der Waals surface area contributed by atoms with Crippen molar-refractivity contribution in [3.63, 3.8) is 0 Å². The Morgan fingerprint density at radius 2 is 2.16 bits per heavy atom. The lowest BCUT2D eigenvalue weighted by molar-refractivity contribution is 0.0459. The molecule has 0 radical (unpaired) electrons. The lowest BCUT2D eigenvalue weighted by Gasteiger charge is -2.44. The van der Waals surface area contributed by atoms with Gasteiger partial charge in [-0.3, -0.25) is 0 Å². The Hall–Kier alpha value is -2.11. The third-order valence-electron chi connectivity index (χ3n) is 8.05. The third-order valence-corrected chi connectivity index (χ3v) is 9.76. The summed E-state index contributed by atoms with van der Waals surface area (Å²) in [5.41, 5.74) is 4.20. The summed E-state index contributed by atoms with van der Waals surface area (Å²) >= 11 is 8.40. The number of anilines is 1. The highest BCUT2D eigenvalue weighted by atomic mass is 35.5. The molecule has 3 aliphatic rings. The van der Waals surface area contributed by atoms with Gasteiger partial charge in [-0.1, -0.05) is 37.6 Å². The average Bonchev–Trinajstić information content (AvgIpc) is 3.02. The summed E-state index contributed by atoms with van der Waals surface area (Å²) in [4.78, 5) is 15.4. The van der Waals surface area contributed by atoms with Crippen molar-refractivity contribution >= 4 is 35.0 Å². The van der Waals surface area contributed by atoms with Crippen molar-refractivity contribution in [2.75, 3.05) is 37.0 Å². The van der Waals surface area contributed by atoms with E-state index in [2.05, 4.69) is 23.6 Å². The van der Waals surface area contributed by atoms with Crippen LogP contribution in [0.5, 0.6) is 5.75 Å². The van der Waals surface area contributed by atoms with Gasteiger partial charge in [0, 0.05) is 34.5 Å². The lowest BCUT2D eigenvalue weighted by atomic mass is 9.70. The SMILES string of the molecule is C=CCS[C@@H]1CC[C@@H]1CN1C[C@@]2(CCCc3cc(Cl)ccc32)COc2ccc(C(=O)OCC(C)C)cc21. The lowest BCUT2D eigenvalue weighted by Crippen LogP contribution is -2.49. The minimum Gasteiger partial charge on any atom is -0.490 e. The van der Waals surface area contributed by atoms with Gasteiger partial charge in [0.15, 0.2) is 0 Å². The molecule has 0 aromatic heterocycles. The Bertz CT molecular complexity index is 1150. The Morgan fingerprint density at radius 1 is 1.30 bits per heavy atom. The number of carbonyl (C=O) groups is 1. The molecule has 1 saturated carbocycles. The van der Waals surface area contributed by atoms with Gasteiger partial charge in [-0.2, -0.15) is 11.8 Å². The molecule has 0 bridgehead atoms. The zero-order chi connectivity index (χ0) is 26.0. The van der Waals surface area contributed by atoms with E-state index in [1.165, 1.54) is 24.0 Å². The van der Waals surface area contributed by atoms with Crippen LogP contribution in [0.3, 0.4) is 0 Å². The minimum atomic E-state index is -0.267. The maximum Gasteiger partial charge on any atom is 0.338 e. The molecule has 1 heterocycles. The summed E-state index contributed by atoms with van der Waals surface area (Å²) in [5.74, 6) is 2.49. The number of esters is 1. The number of aryl methyl sites for hydroxylation is 1. The fourth-order valence-electron chi connectivity index (χ4n) is 6.01. The summed E-state index contributed by atoms with van der Waals surface area (Å²) in [6.45, 7) is 10.9. The largest absolute Gasteiger partial charge is 0.490 e. The Labute approximate surface area is 230 Å². The van der Waals surface area contributed by atoms with Crippen LogP contribution in [-0.2, 0) is 16.6 Å². The molecule has 198 valence electrons. The van der Waals surface area contributed by atoms with E-state index in [1.54, 1.807) is 0 Å². The molecule has 1 fully saturated rings. The second-order valence-corrected chi connectivity index (χ2v) is 13.0. The van der Waals surface area contributed by atoms with Crippen molar-refractivity contribution in [3.05, 3.63) is 70.8 Å². The number of thioether (sulfide) groups is 1. The van der Waals surface area contributed by atoms with Gasteiger partial charge in [0.05, 0.1) is 24.5 Å². The normalized spacial score (nSPS) is 24.5.